The van der Waals surface area contributed by atoms with Crippen molar-refractivity contribution >= 4 is 39.3 Å². The number of allylic oxidation sites excluding steroid dienone is 7. The maximum absolute atomic E-state index is 5.13. The van der Waals surface area contributed by atoms with Gasteiger partial charge in [-0.25, -0.2) is 4.98 Å². The third-order valence-electron chi connectivity index (χ3n) is 8.84. The highest BCUT2D eigenvalue weighted by atomic mass is 127. The Labute approximate surface area is 276 Å². The van der Waals surface area contributed by atoms with Crippen molar-refractivity contribution in [1.29, 1.82) is 0 Å². The molecule has 45 heavy (non-hydrogen) atoms. The van der Waals surface area contributed by atoms with Crippen LogP contribution in [-0.4, -0.2) is 24.3 Å². The molecule has 0 N–H and O–H groups in total. The Morgan fingerprint density at radius 3 is 2.22 bits per heavy atom. The van der Waals surface area contributed by atoms with Crippen LogP contribution in [0.3, 0.4) is 0 Å². The summed E-state index contributed by atoms with van der Waals surface area (Å²) in [6, 6.07) is 34.5. The van der Waals surface area contributed by atoms with Crippen molar-refractivity contribution in [2.75, 3.05) is 0 Å². The zero-order chi connectivity index (χ0) is 30.3. The van der Waals surface area contributed by atoms with Gasteiger partial charge in [-0.05, 0) is 51.5 Å². The summed E-state index contributed by atoms with van der Waals surface area (Å²) in [5.74, 6) is 2.98. The number of hydrogen-bond donors (Lipinski definition) is 0. The average Bonchev–Trinajstić information content (AvgIpc) is 3.72. The first-order valence-electron chi connectivity index (χ1n) is 15.3. The Bertz CT molecular complexity index is 2160. The van der Waals surface area contributed by atoms with Crippen molar-refractivity contribution in [2.45, 2.75) is 25.3 Å². The molecule has 3 heterocycles. The van der Waals surface area contributed by atoms with Crippen LogP contribution < -0.4 is 0 Å². The SMILES string of the molecule is CC/C(=C\C=C/I)n1c(-c2ccccc2)nnc1-c1ccc(-c2ccc3c(c2)-c2nc4ccccc4n2C2C=CC=CC32)cc1. The van der Waals surface area contributed by atoms with Crippen molar-refractivity contribution in [3.63, 3.8) is 0 Å². The van der Waals surface area contributed by atoms with Gasteiger partial charge < -0.3 is 4.57 Å². The fourth-order valence-electron chi connectivity index (χ4n) is 6.71. The van der Waals surface area contributed by atoms with Crippen molar-refractivity contribution in [1.82, 2.24) is 24.3 Å². The second-order valence-corrected chi connectivity index (χ2v) is 12.1. The summed E-state index contributed by atoms with van der Waals surface area (Å²) in [5, 5.41) is 9.37. The van der Waals surface area contributed by atoms with Gasteiger partial charge in [0.25, 0.3) is 0 Å². The zero-order valence-corrected chi connectivity index (χ0v) is 26.9. The van der Waals surface area contributed by atoms with Gasteiger partial charge >= 0.3 is 0 Å². The number of aromatic nitrogens is 5. The van der Waals surface area contributed by atoms with Crippen LogP contribution >= 0.6 is 22.6 Å². The van der Waals surface area contributed by atoms with Crippen LogP contribution in [-0.2, 0) is 0 Å². The smallest absolute Gasteiger partial charge is 0.168 e. The van der Waals surface area contributed by atoms with Crippen LogP contribution in [0.4, 0.5) is 0 Å². The van der Waals surface area contributed by atoms with E-state index in [1.807, 2.05) is 22.3 Å². The summed E-state index contributed by atoms with van der Waals surface area (Å²) >= 11 is 2.25. The minimum atomic E-state index is 0.225. The van der Waals surface area contributed by atoms with Gasteiger partial charge in [0.05, 0.1) is 17.1 Å². The molecule has 0 fully saturated rings. The summed E-state index contributed by atoms with van der Waals surface area (Å²) < 4.78 is 6.62. The molecule has 2 aromatic heterocycles. The van der Waals surface area contributed by atoms with Crippen molar-refractivity contribution in [3.05, 3.63) is 143 Å². The maximum Gasteiger partial charge on any atom is 0.168 e. The molecule has 8 rings (SSSR count). The molecule has 1 aliphatic carbocycles. The fourth-order valence-corrected chi connectivity index (χ4v) is 6.92. The number of para-hydroxylation sites is 2. The van der Waals surface area contributed by atoms with Crippen LogP contribution in [0.15, 0.2) is 138 Å². The van der Waals surface area contributed by atoms with E-state index in [1.165, 1.54) is 22.2 Å². The fraction of sp³-hybridized carbons (Fsp3) is 0.103. The molecule has 0 saturated carbocycles. The van der Waals surface area contributed by atoms with Crippen molar-refractivity contribution in [2.24, 2.45) is 0 Å². The van der Waals surface area contributed by atoms with Gasteiger partial charge in [-0.2, -0.15) is 0 Å². The molecule has 5 nitrogen and oxygen atoms in total. The third kappa shape index (κ3) is 4.71. The monoisotopic (exact) mass is 695 g/mol. The molecule has 218 valence electrons. The largest absolute Gasteiger partial charge is 0.316 e. The first-order chi connectivity index (χ1) is 22.2. The summed E-state index contributed by atoms with van der Waals surface area (Å²) in [4.78, 5) is 5.13. The van der Waals surface area contributed by atoms with E-state index in [0.29, 0.717) is 0 Å². The van der Waals surface area contributed by atoms with E-state index < -0.39 is 0 Å². The molecule has 2 aliphatic rings. The predicted octanol–water partition coefficient (Wildman–Crippen LogP) is 10.3. The Morgan fingerprint density at radius 2 is 1.44 bits per heavy atom. The quantitative estimate of drug-likeness (QED) is 0.129. The lowest BCUT2D eigenvalue weighted by atomic mass is 9.81. The van der Waals surface area contributed by atoms with Crippen LogP contribution in [0.1, 0.15) is 30.9 Å². The Balaban J connectivity index is 1.21. The molecular weight excluding hydrogens is 665 g/mol. The van der Waals surface area contributed by atoms with E-state index in [2.05, 4.69) is 159 Å². The molecule has 0 amide bonds. The third-order valence-corrected chi connectivity index (χ3v) is 9.25. The van der Waals surface area contributed by atoms with Gasteiger partial charge in [0.1, 0.15) is 5.82 Å². The van der Waals surface area contributed by atoms with Crippen LogP contribution in [0.25, 0.3) is 62.0 Å². The molecule has 2 unspecified atom stereocenters. The van der Waals surface area contributed by atoms with Gasteiger partial charge in [0, 0.05) is 28.3 Å². The summed E-state index contributed by atoms with van der Waals surface area (Å²) in [7, 11) is 0. The Hall–Kier alpha value is -4.82. The molecule has 0 spiro atoms. The lowest BCUT2D eigenvalue weighted by molar-refractivity contribution is 0.548. The molecule has 6 aromatic rings. The number of halogens is 1. The molecule has 0 radical (unpaired) electrons. The van der Waals surface area contributed by atoms with E-state index >= 15 is 0 Å². The Morgan fingerprint density at radius 1 is 0.756 bits per heavy atom. The normalized spacial score (nSPS) is 17.1. The van der Waals surface area contributed by atoms with E-state index in [-0.39, 0.29) is 12.0 Å². The minimum absolute atomic E-state index is 0.225. The number of fused-ring (bicyclic) bond motifs is 8. The number of rotatable bonds is 6. The molecule has 4 aromatic carbocycles. The highest BCUT2D eigenvalue weighted by Crippen LogP contribution is 2.48. The lowest BCUT2D eigenvalue weighted by Crippen LogP contribution is -2.22. The summed E-state index contributed by atoms with van der Waals surface area (Å²) in [6.07, 6.45) is 14.0. The lowest BCUT2D eigenvalue weighted by Gasteiger charge is -2.34. The van der Waals surface area contributed by atoms with Gasteiger partial charge in [-0.15, -0.1) is 10.2 Å². The van der Waals surface area contributed by atoms with Crippen molar-refractivity contribution in [3.8, 4) is 45.3 Å². The molecule has 1 aliphatic heterocycles. The minimum Gasteiger partial charge on any atom is -0.316 e. The number of nitrogens with zero attached hydrogens (tertiary/aromatic N) is 5. The molecule has 0 bridgehead atoms. The number of imidazole rings is 1. The van der Waals surface area contributed by atoms with E-state index in [0.717, 1.165) is 51.8 Å². The standard InChI is InChI=1S/C39H30IN5/c1-2-30(13-10-24-40)44-37(27-11-4-3-5-12-27)42-43-38(44)28-20-18-26(19-21-28)29-22-23-31-32-14-6-8-16-35(32)45-36-17-9-7-15-34(36)41-39(45)33(31)25-29/h3-25,32,35H,2H2,1H3/b24-10-,30-13+. The van der Waals surface area contributed by atoms with Gasteiger partial charge in [-0.1, -0.05) is 139 Å². The van der Waals surface area contributed by atoms with Crippen molar-refractivity contribution < 1.29 is 0 Å². The predicted molar refractivity (Wildman–Crippen MR) is 193 cm³/mol. The Kier molecular flexibility index (Phi) is 7.14. The van der Waals surface area contributed by atoms with Crippen LogP contribution in [0.5, 0.6) is 0 Å². The number of benzene rings is 4. The topological polar surface area (TPSA) is 48.5 Å². The van der Waals surface area contributed by atoms with Crippen LogP contribution in [0, 0.1) is 0 Å². The van der Waals surface area contributed by atoms with Gasteiger partial charge in [0.15, 0.2) is 11.6 Å². The highest BCUT2D eigenvalue weighted by Gasteiger charge is 2.34. The van der Waals surface area contributed by atoms with Gasteiger partial charge in [-0.3, -0.25) is 4.57 Å². The second-order valence-electron chi connectivity index (χ2n) is 11.3. The van der Waals surface area contributed by atoms with E-state index in [1.54, 1.807) is 0 Å². The molecule has 2 atom stereocenters. The first-order valence-corrected chi connectivity index (χ1v) is 16.5. The zero-order valence-electron chi connectivity index (χ0n) is 24.8. The molecule has 6 heteroatoms. The number of hydrogen-bond acceptors (Lipinski definition) is 3. The molecule has 0 saturated heterocycles. The summed E-state index contributed by atoms with van der Waals surface area (Å²) in [6.45, 7) is 2.17. The average molecular weight is 696 g/mol. The van der Waals surface area contributed by atoms with E-state index in [4.69, 9.17) is 10.1 Å². The second kappa shape index (κ2) is 11.6. The first kappa shape index (κ1) is 27.7. The van der Waals surface area contributed by atoms with E-state index in [9.17, 15) is 0 Å². The summed E-state index contributed by atoms with van der Waals surface area (Å²) in [5.41, 5.74) is 10.2. The molecular formula is C39H30IN5. The maximum atomic E-state index is 5.13. The highest BCUT2D eigenvalue weighted by molar-refractivity contribution is 14.1. The van der Waals surface area contributed by atoms with Crippen LogP contribution in [0.2, 0.25) is 0 Å². The van der Waals surface area contributed by atoms with Gasteiger partial charge in [0.2, 0.25) is 0 Å².